The van der Waals surface area contributed by atoms with Gasteiger partial charge in [-0.3, -0.25) is 0 Å². The van der Waals surface area contributed by atoms with E-state index in [4.69, 9.17) is 0 Å². The molecule has 1 fully saturated rings. The molecule has 0 spiro atoms. The fourth-order valence-electron chi connectivity index (χ4n) is 2.55. The van der Waals surface area contributed by atoms with Crippen LogP contribution in [0.2, 0.25) is 0 Å². The lowest BCUT2D eigenvalue weighted by Gasteiger charge is -2.21. The lowest BCUT2D eigenvalue weighted by molar-refractivity contribution is 0.575. The van der Waals surface area contributed by atoms with Crippen molar-refractivity contribution in [1.82, 2.24) is 5.32 Å². The summed E-state index contributed by atoms with van der Waals surface area (Å²) in [6.45, 7) is 3.46. The lowest BCUT2D eigenvalue weighted by Crippen LogP contribution is -2.21. The minimum Gasteiger partial charge on any atom is -0.388 e. The van der Waals surface area contributed by atoms with Crippen LogP contribution in [0.3, 0.4) is 0 Å². The average Bonchev–Trinajstić information content (AvgIpc) is 2.38. The molecule has 0 aromatic rings. The summed E-state index contributed by atoms with van der Waals surface area (Å²) in [6, 6.07) is 0. The highest BCUT2D eigenvalue weighted by Gasteiger charge is 2.10. The van der Waals surface area contributed by atoms with E-state index >= 15 is 0 Å². The van der Waals surface area contributed by atoms with Crippen LogP contribution in [0.25, 0.3) is 0 Å². The van der Waals surface area contributed by atoms with E-state index in [0.29, 0.717) is 0 Å². The van der Waals surface area contributed by atoms with Crippen LogP contribution < -0.4 is 5.32 Å². The summed E-state index contributed by atoms with van der Waals surface area (Å²) in [5.41, 5.74) is 4.68. The van der Waals surface area contributed by atoms with Gasteiger partial charge in [-0.2, -0.15) is 0 Å². The highest BCUT2D eigenvalue weighted by Crippen LogP contribution is 2.25. The molecule has 0 atom stereocenters. The van der Waals surface area contributed by atoms with Crippen molar-refractivity contribution in [2.24, 2.45) is 0 Å². The normalized spacial score (nSPS) is 23.7. The smallest absolute Gasteiger partial charge is 0.0144 e. The summed E-state index contributed by atoms with van der Waals surface area (Å²) in [4.78, 5) is 0. The minimum atomic E-state index is 1.16. The Hall–Kier alpha value is -0.980. The monoisotopic (exact) mass is 217 g/mol. The standard InChI is InChI=1S/C15H23N/c1-2-14(15-10-6-7-11-16-15)12-13-8-4-3-5-9-13/h4,8-9,16H,2-3,5-7,10-12H2,1H3. The fourth-order valence-corrected chi connectivity index (χ4v) is 2.55. The summed E-state index contributed by atoms with van der Waals surface area (Å²) >= 11 is 0. The van der Waals surface area contributed by atoms with E-state index in [1.807, 2.05) is 0 Å². The molecule has 16 heavy (non-hydrogen) atoms. The van der Waals surface area contributed by atoms with Crippen LogP contribution in [0.4, 0.5) is 0 Å². The van der Waals surface area contributed by atoms with Crippen molar-refractivity contribution in [3.8, 4) is 0 Å². The van der Waals surface area contributed by atoms with E-state index in [-0.39, 0.29) is 0 Å². The summed E-state index contributed by atoms with van der Waals surface area (Å²) in [6.07, 6.45) is 15.8. The molecule has 0 bridgehead atoms. The summed E-state index contributed by atoms with van der Waals surface area (Å²) in [5, 5.41) is 3.59. The maximum atomic E-state index is 3.59. The van der Waals surface area contributed by atoms with Gasteiger partial charge < -0.3 is 5.32 Å². The average molecular weight is 217 g/mol. The van der Waals surface area contributed by atoms with E-state index in [9.17, 15) is 0 Å². The molecule has 88 valence electrons. The third-order valence-corrected chi connectivity index (χ3v) is 3.53. The Kier molecular flexibility index (Phi) is 4.26. The van der Waals surface area contributed by atoms with Gasteiger partial charge in [0.1, 0.15) is 0 Å². The van der Waals surface area contributed by atoms with E-state index in [2.05, 4.69) is 30.5 Å². The largest absolute Gasteiger partial charge is 0.388 e. The third-order valence-electron chi connectivity index (χ3n) is 3.53. The minimum absolute atomic E-state index is 1.16. The molecule has 0 radical (unpaired) electrons. The Labute approximate surface area is 99.3 Å². The number of allylic oxidation sites excluding steroid dienone is 6. The molecular formula is C15H23N. The molecule has 1 N–H and O–H groups in total. The van der Waals surface area contributed by atoms with Crippen molar-refractivity contribution < 1.29 is 0 Å². The molecule has 0 amide bonds. The second kappa shape index (κ2) is 5.93. The Balaban J connectivity index is 2.04. The second-order valence-electron chi connectivity index (χ2n) is 4.76. The van der Waals surface area contributed by atoms with E-state index < -0.39 is 0 Å². The molecule has 0 saturated carbocycles. The van der Waals surface area contributed by atoms with Crippen molar-refractivity contribution >= 4 is 0 Å². The van der Waals surface area contributed by atoms with E-state index in [0.717, 1.165) is 6.42 Å². The molecule has 1 nitrogen and oxygen atoms in total. The molecule has 1 aliphatic carbocycles. The molecular weight excluding hydrogens is 194 g/mol. The number of hydrogen-bond donors (Lipinski definition) is 1. The van der Waals surface area contributed by atoms with Gasteiger partial charge in [0.25, 0.3) is 0 Å². The van der Waals surface area contributed by atoms with E-state index in [1.165, 1.54) is 56.3 Å². The number of rotatable bonds is 3. The predicted molar refractivity (Wildman–Crippen MR) is 70.2 cm³/mol. The quantitative estimate of drug-likeness (QED) is 0.750. The zero-order valence-corrected chi connectivity index (χ0v) is 10.4. The van der Waals surface area contributed by atoms with Crippen LogP contribution in [0, 0.1) is 0 Å². The van der Waals surface area contributed by atoms with Crippen molar-refractivity contribution in [3.05, 3.63) is 35.1 Å². The summed E-state index contributed by atoms with van der Waals surface area (Å²) < 4.78 is 0. The predicted octanol–water partition coefficient (Wildman–Crippen LogP) is 4.09. The maximum absolute atomic E-state index is 3.59. The van der Waals surface area contributed by atoms with Crippen molar-refractivity contribution in [2.45, 2.75) is 51.9 Å². The molecule has 2 rings (SSSR count). The summed E-state index contributed by atoms with van der Waals surface area (Å²) in [5.74, 6) is 0. The zero-order chi connectivity index (χ0) is 11.2. The Bertz CT molecular complexity index is 312. The molecule has 2 aliphatic rings. The second-order valence-corrected chi connectivity index (χ2v) is 4.76. The highest BCUT2D eigenvalue weighted by molar-refractivity contribution is 5.30. The van der Waals surface area contributed by atoms with Crippen LogP contribution in [0.15, 0.2) is 35.1 Å². The van der Waals surface area contributed by atoms with Crippen LogP contribution in [0.1, 0.15) is 51.9 Å². The first-order valence-corrected chi connectivity index (χ1v) is 6.70. The van der Waals surface area contributed by atoms with Crippen molar-refractivity contribution in [2.75, 3.05) is 6.54 Å². The first kappa shape index (κ1) is 11.5. The Morgan fingerprint density at radius 1 is 1.31 bits per heavy atom. The van der Waals surface area contributed by atoms with Crippen LogP contribution in [-0.2, 0) is 0 Å². The molecule has 0 aromatic heterocycles. The third kappa shape index (κ3) is 3.01. The van der Waals surface area contributed by atoms with Crippen molar-refractivity contribution in [1.29, 1.82) is 0 Å². The zero-order valence-electron chi connectivity index (χ0n) is 10.4. The number of nitrogens with one attached hydrogen (secondary N) is 1. The van der Waals surface area contributed by atoms with Gasteiger partial charge in [0.2, 0.25) is 0 Å². The molecule has 1 heterocycles. The van der Waals surface area contributed by atoms with Gasteiger partial charge >= 0.3 is 0 Å². The Morgan fingerprint density at radius 2 is 2.25 bits per heavy atom. The fraction of sp³-hybridized carbons (Fsp3) is 0.600. The lowest BCUT2D eigenvalue weighted by atomic mass is 9.94. The van der Waals surface area contributed by atoms with E-state index in [1.54, 1.807) is 5.57 Å². The van der Waals surface area contributed by atoms with Crippen LogP contribution in [0.5, 0.6) is 0 Å². The van der Waals surface area contributed by atoms with Crippen LogP contribution >= 0.6 is 0 Å². The van der Waals surface area contributed by atoms with Gasteiger partial charge in [0, 0.05) is 12.2 Å². The Morgan fingerprint density at radius 3 is 2.88 bits per heavy atom. The maximum Gasteiger partial charge on any atom is 0.0144 e. The van der Waals surface area contributed by atoms with Crippen molar-refractivity contribution in [3.63, 3.8) is 0 Å². The van der Waals surface area contributed by atoms with Gasteiger partial charge in [-0.25, -0.2) is 0 Å². The first-order chi connectivity index (χ1) is 7.90. The SMILES string of the molecule is CCC(CC1=CCCC=C1)=C1CCCCN1. The van der Waals surface area contributed by atoms with Gasteiger partial charge in [-0.05, 0) is 56.1 Å². The number of hydrogen-bond acceptors (Lipinski definition) is 1. The van der Waals surface area contributed by atoms with Gasteiger partial charge in [-0.1, -0.05) is 25.2 Å². The van der Waals surface area contributed by atoms with Crippen LogP contribution in [-0.4, -0.2) is 6.54 Å². The molecule has 0 aromatic carbocycles. The van der Waals surface area contributed by atoms with Gasteiger partial charge in [0.15, 0.2) is 0 Å². The molecule has 1 heteroatoms. The molecule has 0 unspecified atom stereocenters. The highest BCUT2D eigenvalue weighted by atomic mass is 14.9. The topological polar surface area (TPSA) is 12.0 Å². The van der Waals surface area contributed by atoms with Gasteiger partial charge in [-0.15, -0.1) is 0 Å². The number of piperidine rings is 1. The molecule has 1 aliphatic heterocycles. The summed E-state index contributed by atoms with van der Waals surface area (Å²) in [7, 11) is 0. The first-order valence-electron chi connectivity index (χ1n) is 6.70. The molecule has 1 saturated heterocycles. The van der Waals surface area contributed by atoms with Gasteiger partial charge in [0.05, 0.1) is 0 Å².